The van der Waals surface area contributed by atoms with E-state index in [0.29, 0.717) is 6.04 Å². The second kappa shape index (κ2) is 3.78. The smallest absolute Gasteiger partial charge is 0.208 e. The topological polar surface area (TPSA) is 3.01 Å². The summed E-state index contributed by atoms with van der Waals surface area (Å²) in [4.78, 5) is 0. The molecule has 2 aliphatic heterocycles. The van der Waals surface area contributed by atoms with E-state index in [1.54, 1.807) is 5.56 Å². The molecule has 2 aromatic rings. The highest BCUT2D eigenvalue weighted by Crippen LogP contribution is 2.65. The van der Waals surface area contributed by atoms with E-state index < -0.39 is 0 Å². The molecule has 5 rings (SSSR count). The van der Waals surface area contributed by atoms with Crippen LogP contribution in [0.3, 0.4) is 0 Å². The Morgan fingerprint density at radius 3 is 2.50 bits per heavy atom. The lowest BCUT2D eigenvalue weighted by Crippen LogP contribution is -2.41. The zero-order chi connectivity index (χ0) is 14.9. The number of benzene rings is 2. The van der Waals surface area contributed by atoms with Gasteiger partial charge < -0.3 is 0 Å². The molecule has 1 saturated carbocycles. The van der Waals surface area contributed by atoms with E-state index in [1.807, 2.05) is 0 Å². The van der Waals surface area contributed by atoms with Gasteiger partial charge in [0.05, 0.1) is 5.41 Å². The fraction of sp³-hybridized carbons (Fsp3) is 0.286. The second-order valence-corrected chi connectivity index (χ2v) is 7.30. The average Bonchev–Trinajstić information content (AvgIpc) is 2.94. The maximum atomic E-state index is 2.67. The molecule has 2 aromatic carbocycles. The van der Waals surface area contributed by atoms with Gasteiger partial charge in [0, 0.05) is 30.5 Å². The van der Waals surface area contributed by atoms with Crippen LogP contribution in [0, 0.1) is 0 Å². The van der Waals surface area contributed by atoms with Gasteiger partial charge in [0.15, 0.2) is 11.6 Å². The molecule has 3 aliphatic rings. The maximum Gasteiger partial charge on any atom is 0.208 e. The summed E-state index contributed by atoms with van der Waals surface area (Å²) in [7, 11) is 0. The van der Waals surface area contributed by atoms with Gasteiger partial charge in [-0.2, -0.15) is 0 Å². The van der Waals surface area contributed by atoms with Crippen molar-refractivity contribution in [2.24, 2.45) is 0 Å². The van der Waals surface area contributed by atoms with Gasteiger partial charge in [-0.3, -0.25) is 0 Å². The van der Waals surface area contributed by atoms with Gasteiger partial charge in [0.1, 0.15) is 0 Å². The van der Waals surface area contributed by atoms with E-state index >= 15 is 0 Å². The molecule has 0 amide bonds. The normalized spacial score (nSPS) is 34.2. The Balaban J connectivity index is 1.80. The lowest BCUT2D eigenvalue weighted by atomic mass is 9.82. The van der Waals surface area contributed by atoms with E-state index in [1.165, 1.54) is 23.3 Å². The molecule has 1 aliphatic carbocycles. The Kier molecular flexibility index (Phi) is 2.13. The van der Waals surface area contributed by atoms with Crippen molar-refractivity contribution in [1.82, 2.24) is 0 Å². The predicted molar refractivity (Wildman–Crippen MR) is 89.5 cm³/mol. The number of hydrogen-bond acceptors (Lipinski definition) is 0. The van der Waals surface area contributed by atoms with E-state index in [2.05, 4.69) is 85.2 Å². The fourth-order valence-corrected chi connectivity index (χ4v) is 4.80. The second-order valence-electron chi connectivity index (χ2n) is 7.30. The van der Waals surface area contributed by atoms with Crippen molar-refractivity contribution < 1.29 is 4.58 Å². The van der Waals surface area contributed by atoms with Crippen LogP contribution in [0.4, 0.5) is 0 Å². The first kappa shape index (κ1) is 12.4. The summed E-state index contributed by atoms with van der Waals surface area (Å²) in [5, 5.41) is 0. The first-order chi connectivity index (χ1) is 10.7. The summed E-state index contributed by atoms with van der Waals surface area (Å²) in [5.41, 5.74) is 6.27. The largest absolute Gasteiger partial charge is 0.213 e. The molecule has 1 heteroatoms. The molecular weight excluding hydrogens is 266 g/mol. The molecule has 3 unspecified atom stereocenters. The van der Waals surface area contributed by atoms with Crippen molar-refractivity contribution in [2.75, 3.05) is 0 Å². The van der Waals surface area contributed by atoms with Crippen molar-refractivity contribution in [2.45, 2.75) is 37.3 Å². The maximum absolute atomic E-state index is 2.67. The van der Waals surface area contributed by atoms with Crippen LogP contribution in [0.1, 0.15) is 43.0 Å². The first-order valence-corrected chi connectivity index (χ1v) is 8.14. The standard InChI is InChI=1S/C21H20N/c1-20-14-21(20,2)22-18(15-8-4-3-5-9-15)12-13-19(22)16-10-6-7-11-17(16)20/h3-13,19H,14H2,1-2H3/q+1. The lowest BCUT2D eigenvalue weighted by molar-refractivity contribution is -0.611. The molecule has 0 aromatic heterocycles. The summed E-state index contributed by atoms with van der Waals surface area (Å²) in [5.74, 6) is 0. The Bertz CT molecular complexity index is 845. The highest BCUT2D eigenvalue weighted by molar-refractivity contribution is 6.06. The van der Waals surface area contributed by atoms with Gasteiger partial charge in [-0.15, -0.1) is 0 Å². The molecule has 0 bridgehead atoms. The average molecular weight is 286 g/mol. The number of allylic oxidation sites excluding steroid dienone is 1. The van der Waals surface area contributed by atoms with Crippen LogP contribution in [0.2, 0.25) is 0 Å². The molecule has 0 N–H and O–H groups in total. The van der Waals surface area contributed by atoms with E-state index in [9.17, 15) is 0 Å². The minimum Gasteiger partial charge on any atom is -0.213 e. The molecule has 0 radical (unpaired) electrons. The highest BCUT2D eigenvalue weighted by atomic mass is 15.2. The third-order valence-electron chi connectivity index (χ3n) is 6.21. The van der Waals surface area contributed by atoms with Gasteiger partial charge in [-0.05, 0) is 30.7 Å². The van der Waals surface area contributed by atoms with Crippen LogP contribution in [-0.2, 0) is 5.41 Å². The van der Waals surface area contributed by atoms with Gasteiger partial charge in [-0.1, -0.05) is 42.5 Å². The molecule has 0 saturated heterocycles. The summed E-state index contributed by atoms with van der Waals surface area (Å²) in [6.07, 6.45) is 5.95. The van der Waals surface area contributed by atoms with Crippen LogP contribution in [0.5, 0.6) is 0 Å². The van der Waals surface area contributed by atoms with E-state index in [0.717, 1.165) is 0 Å². The molecule has 108 valence electrons. The third-order valence-corrected chi connectivity index (χ3v) is 6.21. The Labute approximate surface area is 131 Å². The van der Waals surface area contributed by atoms with Crippen molar-refractivity contribution in [3.63, 3.8) is 0 Å². The SMILES string of the molecule is CC12CC1(C)[N+]1=C(c3ccccc3)C=CC1c1ccccc12. The Morgan fingerprint density at radius 1 is 0.955 bits per heavy atom. The van der Waals surface area contributed by atoms with Gasteiger partial charge in [0.25, 0.3) is 0 Å². The summed E-state index contributed by atoms with van der Waals surface area (Å²) in [6, 6.07) is 20.2. The third kappa shape index (κ3) is 1.28. The number of hydrogen-bond donors (Lipinski definition) is 0. The molecule has 3 atom stereocenters. The predicted octanol–water partition coefficient (Wildman–Crippen LogP) is 4.23. The van der Waals surface area contributed by atoms with Crippen LogP contribution in [0.25, 0.3) is 0 Å². The molecule has 22 heavy (non-hydrogen) atoms. The number of fused-ring (bicyclic) bond motifs is 6. The summed E-state index contributed by atoms with van der Waals surface area (Å²) < 4.78 is 2.67. The van der Waals surface area contributed by atoms with Crippen molar-refractivity contribution in [1.29, 1.82) is 0 Å². The number of rotatable bonds is 1. The molecule has 0 spiro atoms. The molecular formula is C21H20N+. The van der Waals surface area contributed by atoms with Crippen LogP contribution < -0.4 is 0 Å². The molecule has 1 nitrogen and oxygen atoms in total. The lowest BCUT2D eigenvalue weighted by Gasteiger charge is -2.30. The van der Waals surface area contributed by atoms with Crippen molar-refractivity contribution in [3.8, 4) is 0 Å². The van der Waals surface area contributed by atoms with Gasteiger partial charge >= 0.3 is 0 Å². The van der Waals surface area contributed by atoms with Gasteiger partial charge in [0.2, 0.25) is 5.71 Å². The van der Waals surface area contributed by atoms with E-state index in [-0.39, 0.29) is 11.0 Å². The van der Waals surface area contributed by atoms with Crippen LogP contribution in [0.15, 0.2) is 66.7 Å². The van der Waals surface area contributed by atoms with Crippen molar-refractivity contribution >= 4 is 5.71 Å². The quantitative estimate of drug-likeness (QED) is 0.690. The minimum atomic E-state index is 0.237. The first-order valence-electron chi connectivity index (χ1n) is 8.14. The summed E-state index contributed by atoms with van der Waals surface area (Å²) >= 11 is 0. The van der Waals surface area contributed by atoms with Crippen molar-refractivity contribution in [3.05, 3.63) is 83.4 Å². The zero-order valence-electron chi connectivity index (χ0n) is 13.1. The fourth-order valence-electron chi connectivity index (χ4n) is 4.80. The zero-order valence-corrected chi connectivity index (χ0v) is 13.1. The molecule has 1 fully saturated rings. The minimum absolute atomic E-state index is 0.237. The van der Waals surface area contributed by atoms with Gasteiger partial charge in [-0.25, -0.2) is 4.58 Å². The van der Waals surface area contributed by atoms with E-state index in [4.69, 9.17) is 0 Å². The monoisotopic (exact) mass is 286 g/mol. The highest BCUT2D eigenvalue weighted by Gasteiger charge is 2.75. The summed E-state index contributed by atoms with van der Waals surface area (Å²) in [6.45, 7) is 4.87. The number of nitrogens with zero attached hydrogens (tertiary/aromatic N) is 1. The van der Waals surface area contributed by atoms with Crippen LogP contribution >= 0.6 is 0 Å². The Morgan fingerprint density at radius 2 is 1.68 bits per heavy atom. The Hall–Kier alpha value is -2.15. The van der Waals surface area contributed by atoms with Crippen LogP contribution in [-0.4, -0.2) is 15.8 Å². The molecule has 2 heterocycles.